The minimum absolute atomic E-state index is 0.114. The van der Waals surface area contributed by atoms with E-state index in [4.69, 9.17) is 18.6 Å². The first-order valence-corrected chi connectivity index (χ1v) is 8.22. The maximum atomic E-state index is 12.7. The molecule has 0 amide bonds. The summed E-state index contributed by atoms with van der Waals surface area (Å²) >= 11 is 0. The molecule has 0 radical (unpaired) electrons. The topological polar surface area (TPSA) is 95.2 Å². The Kier molecular flexibility index (Phi) is 3.99. The molecule has 0 aliphatic carbocycles. The van der Waals surface area contributed by atoms with Crippen molar-refractivity contribution in [2.45, 2.75) is 12.0 Å². The van der Waals surface area contributed by atoms with E-state index in [1.165, 1.54) is 20.3 Å². The van der Waals surface area contributed by atoms with Crippen LogP contribution in [0.3, 0.4) is 0 Å². The lowest BCUT2D eigenvalue weighted by atomic mass is 9.88. The summed E-state index contributed by atoms with van der Waals surface area (Å²) in [6.07, 6.45) is -1.08. The molecular formula is C20H16O7. The average molecular weight is 368 g/mol. The lowest BCUT2D eigenvalue weighted by Gasteiger charge is -2.17. The van der Waals surface area contributed by atoms with Gasteiger partial charge in [-0.2, -0.15) is 0 Å². The van der Waals surface area contributed by atoms with Gasteiger partial charge in [0.25, 0.3) is 0 Å². The lowest BCUT2D eigenvalue weighted by Crippen LogP contribution is -2.31. The van der Waals surface area contributed by atoms with Gasteiger partial charge in [0.2, 0.25) is 6.10 Å². The number of methoxy groups -OCH3 is 2. The zero-order valence-corrected chi connectivity index (χ0v) is 14.6. The molecule has 0 saturated heterocycles. The number of hydrogen-bond acceptors (Lipinski definition) is 7. The van der Waals surface area contributed by atoms with E-state index in [9.17, 15) is 14.7 Å². The van der Waals surface area contributed by atoms with E-state index in [0.29, 0.717) is 16.5 Å². The van der Waals surface area contributed by atoms with Gasteiger partial charge in [-0.15, -0.1) is 0 Å². The highest BCUT2D eigenvalue weighted by atomic mass is 16.6. The van der Waals surface area contributed by atoms with Crippen LogP contribution in [0.25, 0.3) is 11.0 Å². The Hall–Kier alpha value is -3.48. The molecule has 138 valence electrons. The van der Waals surface area contributed by atoms with Crippen molar-refractivity contribution in [3.05, 3.63) is 64.0 Å². The minimum Gasteiger partial charge on any atom is -0.504 e. The van der Waals surface area contributed by atoms with Gasteiger partial charge >= 0.3 is 11.6 Å². The summed E-state index contributed by atoms with van der Waals surface area (Å²) in [5.41, 5.74) is 0.484. The SMILES string of the molecule is COC(=O)[C@H]1Oc2c(c(=O)oc3ccccc23)[C@@H]1c1ccc(OC)c(O)c1. The van der Waals surface area contributed by atoms with Crippen LogP contribution >= 0.6 is 0 Å². The Balaban J connectivity index is 1.97. The van der Waals surface area contributed by atoms with Crippen LogP contribution in [0.2, 0.25) is 0 Å². The summed E-state index contributed by atoms with van der Waals surface area (Å²) in [6, 6.07) is 11.6. The van der Waals surface area contributed by atoms with Crippen LogP contribution in [0.5, 0.6) is 17.2 Å². The van der Waals surface area contributed by atoms with E-state index in [2.05, 4.69) is 0 Å². The van der Waals surface area contributed by atoms with Crippen LogP contribution in [-0.2, 0) is 9.53 Å². The second-order valence-corrected chi connectivity index (χ2v) is 6.10. The van der Waals surface area contributed by atoms with Crippen molar-refractivity contribution in [1.82, 2.24) is 0 Å². The number of carbonyl (C=O) groups excluding carboxylic acids is 1. The molecule has 2 aromatic carbocycles. The van der Waals surface area contributed by atoms with Gasteiger partial charge in [-0.25, -0.2) is 9.59 Å². The van der Waals surface area contributed by atoms with Crippen molar-refractivity contribution in [1.29, 1.82) is 0 Å². The third kappa shape index (κ3) is 2.59. The fourth-order valence-electron chi connectivity index (χ4n) is 3.42. The van der Waals surface area contributed by atoms with E-state index >= 15 is 0 Å². The van der Waals surface area contributed by atoms with Crippen LogP contribution in [0.15, 0.2) is 51.7 Å². The largest absolute Gasteiger partial charge is 0.504 e. The van der Waals surface area contributed by atoms with Crippen LogP contribution < -0.4 is 15.1 Å². The monoisotopic (exact) mass is 368 g/mol. The van der Waals surface area contributed by atoms with E-state index in [1.807, 2.05) is 0 Å². The molecule has 0 saturated carbocycles. The summed E-state index contributed by atoms with van der Waals surface area (Å²) in [5, 5.41) is 10.7. The Morgan fingerprint density at radius 2 is 1.93 bits per heavy atom. The summed E-state index contributed by atoms with van der Waals surface area (Å²) in [7, 11) is 2.68. The molecule has 0 spiro atoms. The standard InChI is InChI=1S/C20H16O7/c1-24-14-8-7-10(9-12(14)21)15-16-17(27-18(15)20(23)25-2)11-5-3-4-6-13(11)26-19(16)22/h3-9,15,18,21H,1-2H3/t15-,18-/m0/s1. The fraction of sp³-hybridized carbons (Fsp3) is 0.200. The Morgan fingerprint density at radius 3 is 2.63 bits per heavy atom. The van der Waals surface area contributed by atoms with Gasteiger partial charge in [0.05, 0.1) is 31.1 Å². The molecule has 2 atom stereocenters. The molecule has 3 aromatic rings. The van der Waals surface area contributed by atoms with Crippen LogP contribution in [0, 0.1) is 0 Å². The number of fused-ring (bicyclic) bond motifs is 3. The smallest absolute Gasteiger partial charge is 0.348 e. The number of benzene rings is 2. The molecule has 2 heterocycles. The van der Waals surface area contributed by atoms with Gasteiger partial charge in [0, 0.05) is 0 Å². The summed E-state index contributed by atoms with van der Waals surface area (Å²) in [4.78, 5) is 25.0. The van der Waals surface area contributed by atoms with Crippen molar-refractivity contribution in [3.8, 4) is 17.2 Å². The maximum Gasteiger partial charge on any atom is 0.348 e. The summed E-state index contributed by atoms with van der Waals surface area (Å²) < 4.78 is 21.2. The Labute approximate surface area is 153 Å². The van der Waals surface area contributed by atoms with E-state index in [-0.39, 0.29) is 22.8 Å². The molecule has 27 heavy (non-hydrogen) atoms. The van der Waals surface area contributed by atoms with Crippen molar-refractivity contribution in [3.63, 3.8) is 0 Å². The van der Waals surface area contributed by atoms with Crippen LogP contribution in [-0.4, -0.2) is 31.4 Å². The summed E-state index contributed by atoms with van der Waals surface area (Å²) in [5.74, 6) is -0.965. The zero-order valence-electron chi connectivity index (χ0n) is 14.6. The molecule has 0 fully saturated rings. The van der Waals surface area contributed by atoms with Gasteiger partial charge in [0.1, 0.15) is 11.3 Å². The molecule has 0 bridgehead atoms. The molecule has 4 rings (SSSR count). The number of hydrogen-bond donors (Lipinski definition) is 1. The number of aromatic hydroxyl groups is 1. The van der Waals surface area contributed by atoms with Gasteiger partial charge in [-0.05, 0) is 29.8 Å². The molecule has 1 aliphatic rings. The highest BCUT2D eigenvalue weighted by Crippen LogP contribution is 2.45. The van der Waals surface area contributed by atoms with Gasteiger partial charge in [-0.1, -0.05) is 18.2 Å². The second kappa shape index (κ2) is 6.35. The third-order valence-electron chi connectivity index (χ3n) is 4.65. The Morgan fingerprint density at radius 1 is 1.15 bits per heavy atom. The quantitative estimate of drug-likeness (QED) is 0.561. The maximum absolute atomic E-state index is 12.7. The number of ether oxygens (including phenoxy) is 3. The fourth-order valence-corrected chi connectivity index (χ4v) is 3.42. The normalized spacial score (nSPS) is 18.0. The molecular weight excluding hydrogens is 352 g/mol. The molecule has 7 heteroatoms. The molecule has 1 N–H and O–H groups in total. The molecule has 1 aliphatic heterocycles. The predicted molar refractivity (Wildman–Crippen MR) is 95.4 cm³/mol. The van der Waals surface area contributed by atoms with Crippen LogP contribution in [0.1, 0.15) is 17.0 Å². The molecule has 7 nitrogen and oxygen atoms in total. The van der Waals surface area contributed by atoms with Gasteiger partial charge in [0.15, 0.2) is 11.5 Å². The number of phenolic OH excluding ortho intramolecular Hbond substituents is 1. The van der Waals surface area contributed by atoms with Gasteiger partial charge in [-0.3, -0.25) is 0 Å². The number of para-hydroxylation sites is 1. The van der Waals surface area contributed by atoms with Crippen LogP contribution in [0.4, 0.5) is 0 Å². The highest BCUT2D eigenvalue weighted by molar-refractivity contribution is 5.88. The van der Waals surface area contributed by atoms with Crippen molar-refractivity contribution < 1.29 is 28.5 Å². The number of rotatable bonds is 3. The first-order valence-electron chi connectivity index (χ1n) is 8.22. The predicted octanol–water partition coefficient (Wildman–Crippen LogP) is 2.57. The molecule has 0 unspecified atom stereocenters. The minimum atomic E-state index is -1.08. The Bertz CT molecular complexity index is 1100. The van der Waals surface area contributed by atoms with E-state index in [1.54, 1.807) is 36.4 Å². The number of esters is 1. The average Bonchev–Trinajstić information content (AvgIpc) is 3.09. The highest BCUT2D eigenvalue weighted by Gasteiger charge is 2.45. The number of carbonyl (C=O) groups is 1. The summed E-state index contributed by atoms with van der Waals surface area (Å²) in [6.45, 7) is 0. The molecule has 1 aromatic heterocycles. The lowest BCUT2D eigenvalue weighted by molar-refractivity contribution is -0.148. The van der Waals surface area contributed by atoms with Gasteiger partial charge < -0.3 is 23.7 Å². The zero-order chi connectivity index (χ0) is 19.1. The van der Waals surface area contributed by atoms with Crippen molar-refractivity contribution in [2.24, 2.45) is 0 Å². The number of phenols is 1. The first kappa shape index (κ1) is 17.0. The first-order chi connectivity index (χ1) is 13.0. The van der Waals surface area contributed by atoms with E-state index < -0.39 is 23.6 Å². The van der Waals surface area contributed by atoms with Crippen molar-refractivity contribution >= 4 is 16.9 Å². The van der Waals surface area contributed by atoms with Crippen molar-refractivity contribution in [2.75, 3.05) is 14.2 Å². The second-order valence-electron chi connectivity index (χ2n) is 6.10. The van der Waals surface area contributed by atoms with E-state index in [0.717, 1.165) is 0 Å². The third-order valence-corrected chi connectivity index (χ3v) is 4.65.